The Hall–Kier alpha value is -2.74. The van der Waals surface area contributed by atoms with Crippen LogP contribution in [-0.4, -0.2) is 16.1 Å². The summed E-state index contributed by atoms with van der Waals surface area (Å²) in [5.74, 6) is -2.54. The highest BCUT2D eigenvalue weighted by molar-refractivity contribution is 5.92. The second-order valence-electron chi connectivity index (χ2n) is 5.59. The summed E-state index contributed by atoms with van der Waals surface area (Å²) in [5, 5.41) is 0. The Bertz CT molecular complexity index is 973. The van der Waals surface area contributed by atoms with Crippen molar-refractivity contribution in [2.24, 2.45) is 5.73 Å². The number of alkyl halides is 3. The Labute approximate surface area is 145 Å². The Morgan fingerprint density at radius 3 is 2.54 bits per heavy atom. The number of allylic oxidation sites excluding steroid dienone is 1. The first-order valence-electron chi connectivity index (χ1n) is 7.68. The van der Waals surface area contributed by atoms with E-state index in [1.807, 2.05) is 0 Å². The van der Waals surface area contributed by atoms with Crippen LogP contribution in [0.3, 0.4) is 0 Å². The van der Waals surface area contributed by atoms with Crippen LogP contribution in [0.15, 0.2) is 54.4 Å². The summed E-state index contributed by atoms with van der Waals surface area (Å²) in [6, 6.07) is 9.93. The fraction of sp³-hybridized carbons (Fsp3) is 0.167. The zero-order chi connectivity index (χ0) is 18.9. The van der Waals surface area contributed by atoms with E-state index < -0.39 is 30.2 Å². The van der Waals surface area contributed by atoms with E-state index in [0.717, 1.165) is 10.6 Å². The van der Waals surface area contributed by atoms with Gasteiger partial charge in [0.05, 0.1) is 17.6 Å². The van der Waals surface area contributed by atoms with Gasteiger partial charge in [0, 0.05) is 12.1 Å². The third-order valence-corrected chi connectivity index (χ3v) is 3.82. The van der Waals surface area contributed by atoms with Crippen LogP contribution in [0.4, 0.5) is 22.0 Å². The zero-order valence-corrected chi connectivity index (χ0v) is 13.4. The highest BCUT2D eigenvalue weighted by Gasteiger charge is 2.38. The van der Waals surface area contributed by atoms with Crippen LogP contribution in [-0.2, 0) is 12.7 Å². The molecule has 0 aliphatic carbocycles. The van der Waals surface area contributed by atoms with Crippen LogP contribution in [0, 0.1) is 5.82 Å². The fourth-order valence-electron chi connectivity index (χ4n) is 2.76. The van der Waals surface area contributed by atoms with Crippen molar-refractivity contribution in [1.29, 1.82) is 0 Å². The van der Waals surface area contributed by atoms with E-state index >= 15 is 0 Å². The van der Waals surface area contributed by atoms with Crippen molar-refractivity contribution in [3.63, 3.8) is 0 Å². The summed E-state index contributed by atoms with van der Waals surface area (Å²) >= 11 is 0. The van der Waals surface area contributed by atoms with Crippen LogP contribution in [0.5, 0.6) is 0 Å². The number of fused-ring (bicyclic) bond motifs is 1. The standard InChI is InChI=1S/C18H14F5N3/c19-12-4-1-3-11(9-12)14-5-2-6-15-16(14)25-17(18(21,22)23)26(15)10-13(20)7-8-24/h1-7,9H,8,10,24H2/b13-7-. The zero-order valence-electron chi connectivity index (χ0n) is 13.4. The van der Waals surface area contributed by atoms with Crippen molar-refractivity contribution in [3.8, 4) is 11.1 Å². The molecule has 3 nitrogen and oxygen atoms in total. The molecule has 1 aromatic heterocycles. The number of nitrogens with two attached hydrogens (primary N) is 1. The number of hydrogen-bond donors (Lipinski definition) is 1. The normalized spacial score (nSPS) is 12.8. The summed E-state index contributed by atoms with van der Waals surface area (Å²) in [7, 11) is 0. The highest BCUT2D eigenvalue weighted by Crippen LogP contribution is 2.35. The van der Waals surface area contributed by atoms with Gasteiger partial charge in [0.25, 0.3) is 0 Å². The number of halogens is 5. The van der Waals surface area contributed by atoms with Crippen molar-refractivity contribution >= 4 is 11.0 Å². The molecule has 26 heavy (non-hydrogen) atoms. The molecule has 8 heteroatoms. The summed E-state index contributed by atoms with van der Waals surface area (Å²) < 4.78 is 68.3. The molecule has 0 aliphatic heterocycles. The minimum atomic E-state index is -4.78. The van der Waals surface area contributed by atoms with E-state index in [1.54, 1.807) is 12.1 Å². The molecule has 0 unspecified atom stereocenters. The van der Waals surface area contributed by atoms with E-state index in [-0.39, 0.29) is 17.6 Å². The third kappa shape index (κ3) is 3.45. The average molecular weight is 367 g/mol. The van der Waals surface area contributed by atoms with Crippen molar-refractivity contribution in [2.45, 2.75) is 12.7 Å². The average Bonchev–Trinajstić information content (AvgIpc) is 2.94. The number of para-hydroxylation sites is 1. The predicted molar refractivity (Wildman–Crippen MR) is 88.4 cm³/mol. The number of benzene rings is 2. The molecule has 3 rings (SSSR count). The van der Waals surface area contributed by atoms with Crippen LogP contribution >= 0.6 is 0 Å². The topological polar surface area (TPSA) is 43.8 Å². The summed E-state index contributed by atoms with van der Waals surface area (Å²) in [4.78, 5) is 3.69. The van der Waals surface area contributed by atoms with Crippen molar-refractivity contribution in [1.82, 2.24) is 9.55 Å². The van der Waals surface area contributed by atoms with E-state index in [2.05, 4.69) is 4.98 Å². The Morgan fingerprint density at radius 2 is 1.88 bits per heavy atom. The Balaban J connectivity index is 2.26. The molecular weight excluding hydrogens is 353 g/mol. The monoisotopic (exact) mass is 367 g/mol. The molecule has 0 saturated heterocycles. The van der Waals surface area contributed by atoms with E-state index in [1.165, 1.54) is 30.3 Å². The lowest BCUT2D eigenvalue weighted by molar-refractivity contribution is -0.146. The minimum absolute atomic E-state index is 0.0194. The van der Waals surface area contributed by atoms with Gasteiger partial charge in [-0.15, -0.1) is 0 Å². The predicted octanol–water partition coefficient (Wildman–Crippen LogP) is 4.67. The maximum absolute atomic E-state index is 13.9. The number of aromatic nitrogens is 2. The van der Waals surface area contributed by atoms with Gasteiger partial charge in [-0.05, 0) is 29.8 Å². The molecule has 136 valence electrons. The molecule has 2 aromatic carbocycles. The highest BCUT2D eigenvalue weighted by atomic mass is 19.4. The fourth-order valence-corrected chi connectivity index (χ4v) is 2.76. The second-order valence-corrected chi connectivity index (χ2v) is 5.59. The molecule has 0 atom stereocenters. The quantitative estimate of drug-likeness (QED) is 0.681. The number of nitrogens with zero attached hydrogens (tertiary/aromatic N) is 2. The molecular formula is C18H14F5N3. The largest absolute Gasteiger partial charge is 0.449 e. The molecule has 2 N–H and O–H groups in total. The first-order chi connectivity index (χ1) is 12.3. The van der Waals surface area contributed by atoms with Gasteiger partial charge in [-0.1, -0.05) is 24.3 Å². The molecule has 0 amide bonds. The van der Waals surface area contributed by atoms with Crippen LogP contribution in [0.25, 0.3) is 22.2 Å². The van der Waals surface area contributed by atoms with Gasteiger partial charge in [0.15, 0.2) is 0 Å². The lowest BCUT2D eigenvalue weighted by Crippen LogP contribution is -2.15. The van der Waals surface area contributed by atoms with Gasteiger partial charge in [-0.25, -0.2) is 13.8 Å². The maximum atomic E-state index is 13.9. The summed E-state index contributed by atoms with van der Waals surface area (Å²) in [6.07, 6.45) is -3.77. The van der Waals surface area contributed by atoms with Crippen LogP contribution < -0.4 is 5.73 Å². The van der Waals surface area contributed by atoms with Gasteiger partial charge in [0.1, 0.15) is 11.6 Å². The van der Waals surface area contributed by atoms with Crippen molar-refractivity contribution < 1.29 is 22.0 Å². The van der Waals surface area contributed by atoms with Crippen LogP contribution in [0.1, 0.15) is 5.82 Å². The molecule has 0 spiro atoms. The number of imidazole rings is 1. The van der Waals surface area contributed by atoms with E-state index in [9.17, 15) is 22.0 Å². The maximum Gasteiger partial charge on any atom is 0.449 e. The lowest BCUT2D eigenvalue weighted by Gasteiger charge is -2.10. The number of rotatable bonds is 4. The van der Waals surface area contributed by atoms with Gasteiger partial charge < -0.3 is 10.3 Å². The molecule has 1 heterocycles. The van der Waals surface area contributed by atoms with Gasteiger partial charge in [-0.2, -0.15) is 13.2 Å². The molecule has 0 saturated carbocycles. The lowest BCUT2D eigenvalue weighted by atomic mass is 10.0. The van der Waals surface area contributed by atoms with Crippen LogP contribution in [0.2, 0.25) is 0 Å². The molecule has 0 aliphatic rings. The van der Waals surface area contributed by atoms with Gasteiger partial charge in [0.2, 0.25) is 5.82 Å². The van der Waals surface area contributed by atoms with E-state index in [0.29, 0.717) is 11.1 Å². The Kier molecular flexibility index (Phi) is 4.78. The van der Waals surface area contributed by atoms with Gasteiger partial charge >= 0.3 is 6.18 Å². The molecule has 0 fully saturated rings. The molecule has 0 bridgehead atoms. The Morgan fingerprint density at radius 1 is 1.15 bits per heavy atom. The first-order valence-corrected chi connectivity index (χ1v) is 7.68. The molecule has 0 radical (unpaired) electrons. The first kappa shape index (κ1) is 18.1. The smallest absolute Gasteiger partial charge is 0.327 e. The van der Waals surface area contributed by atoms with E-state index in [4.69, 9.17) is 5.73 Å². The van der Waals surface area contributed by atoms with Crippen molar-refractivity contribution in [2.75, 3.05) is 6.54 Å². The summed E-state index contributed by atoms with van der Waals surface area (Å²) in [5.41, 5.74) is 6.04. The van der Waals surface area contributed by atoms with Crippen molar-refractivity contribution in [3.05, 3.63) is 66.0 Å². The SMILES string of the molecule is NC/C=C(\F)Cn1c(C(F)(F)F)nc2c(-c3cccc(F)c3)cccc21. The minimum Gasteiger partial charge on any atom is -0.327 e. The number of hydrogen-bond acceptors (Lipinski definition) is 2. The summed E-state index contributed by atoms with van der Waals surface area (Å²) in [6.45, 7) is -0.774. The third-order valence-electron chi connectivity index (χ3n) is 3.82. The molecule has 3 aromatic rings. The second kappa shape index (κ2) is 6.87. The van der Waals surface area contributed by atoms with Gasteiger partial charge in [-0.3, -0.25) is 0 Å².